The molecular weight excluding hydrogens is 526 g/mol. The highest BCUT2D eigenvalue weighted by Crippen LogP contribution is 2.28. The van der Waals surface area contributed by atoms with Gasteiger partial charge in [0.1, 0.15) is 17.2 Å². The molecule has 2 fully saturated rings. The van der Waals surface area contributed by atoms with E-state index >= 15 is 0 Å². The Bertz CT molecular complexity index is 1510. The number of anilines is 2. The number of rotatable bonds is 2. The summed E-state index contributed by atoms with van der Waals surface area (Å²) in [5.41, 5.74) is 2.84. The number of halogens is 2. The first-order valence-corrected chi connectivity index (χ1v) is 13.9. The maximum absolute atomic E-state index is 13.9. The number of nitrogens with zero attached hydrogens (tertiary/aromatic N) is 5. The zero-order chi connectivity index (χ0) is 29.0. The van der Waals surface area contributed by atoms with Crippen LogP contribution in [0.15, 0.2) is 60.9 Å². The molecule has 2 aliphatic heterocycles. The first-order chi connectivity index (χ1) is 19.7. The van der Waals surface area contributed by atoms with Gasteiger partial charge in [0.25, 0.3) is 0 Å². The molecule has 0 bridgehead atoms. The van der Waals surface area contributed by atoms with Crippen LogP contribution >= 0.6 is 0 Å². The Morgan fingerprint density at radius 1 is 0.780 bits per heavy atom. The summed E-state index contributed by atoms with van der Waals surface area (Å²) in [7, 11) is 0. The van der Waals surface area contributed by atoms with Crippen LogP contribution in [0.5, 0.6) is 0 Å². The van der Waals surface area contributed by atoms with Crippen molar-refractivity contribution in [2.24, 2.45) is 0 Å². The Balaban J connectivity index is 0.000000174. The lowest BCUT2D eigenvalue weighted by molar-refractivity contribution is 0.0240. The normalized spacial score (nSPS) is 16.0. The van der Waals surface area contributed by atoms with Gasteiger partial charge in [-0.3, -0.25) is 9.97 Å². The van der Waals surface area contributed by atoms with E-state index in [0.717, 1.165) is 59.4 Å². The number of benzene rings is 2. The second kappa shape index (κ2) is 12.2. The fourth-order valence-electron chi connectivity index (χ4n) is 5.12. The van der Waals surface area contributed by atoms with Gasteiger partial charge in [-0.05, 0) is 57.2 Å². The molecule has 8 nitrogen and oxygen atoms in total. The third kappa shape index (κ3) is 7.00. The van der Waals surface area contributed by atoms with Crippen molar-refractivity contribution in [3.05, 3.63) is 72.6 Å². The number of amides is 1. The molecule has 0 unspecified atom stereocenters. The van der Waals surface area contributed by atoms with E-state index in [1.54, 1.807) is 29.4 Å². The lowest BCUT2D eigenvalue weighted by Crippen LogP contribution is -2.50. The van der Waals surface area contributed by atoms with Crippen molar-refractivity contribution in [3.63, 3.8) is 0 Å². The van der Waals surface area contributed by atoms with E-state index in [-0.39, 0.29) is 17.7 Å². The molecule has 0 spiro atoms. The summed E-state index contributed by atoms with van der Waals surface area (Å²) in [5, 5.41) is 4.93. The van der Waals surface area contributed by atoms with Crippen molar-refractivity contribution in [3.8, 4) is 0 Å². The van der Waals surface area contributed by atoms with Crippen molar-refractivity contribution >= 4 is 39.3 Å². The monoisotopic (exact) mass is 562 g/mol. The molecule has 4 heterocycles. The zero-order valence-corrected chi connectivity index (χ0v) is 23.7. The SMILES string of the molecule is CC(C)(C)OC(=O)N1CCN(c2cc(F)cc3cccnc23)CC1.Fc1cc(N2CCNCC2)c2ncccc2c1. The summed E-state index contributed by atoms with van der Waals surface area (Å²) >= 11 is 0. The molecule has 4 aromatic rings. The van der Waals surface area contributed by atoms with Gasteiger partial charge in [0.15, 0.2) is 0 Å². The van der Waals surface area contributed by atoms with Crippen molar-refractivity contribution in [2.75, 3.05) is 62.2 Å². The minimum atomic E-state index is -0.503. The summed E-state index contributed by atoms with van der Waals surface area (Å²) in [6.07, 6.45) is 3.16. The third-order valence-electron chi connectivity index (χ3n) is 7.03. The van der Waals surface area contributed by atoms with E-state index in [2.05, 4.69) is 25.1 Å². The maximum atomic E-state index is 13.9. The molecule has 0 saturated carbocycles. The molecule has 41 heavy (non-hydrogen) atoms. The van der Waals surface area contributed by atoms with E-state index in [4.69, 9.17) is 4.74 Å². The van der Waals surface area contributed by atoms with Gasteiger partial charge in [-0.2, -0.15) is 0 Å². The topological polar surface area (TPSA) is 73.8 Å². The molecule has 0 atom stereocenters. The van der Waals surface area contributed by atoms with E-state index in [9.17, 15) is 13.6 Å². The number of ether oxygens (including phenoxy) is 1. The number of hydrogen-bond donors (Lipinski definition) is 1. The van der Waals surface area contributed by atoms with Crippen molar-refractivity contribution in [2.45, 2.75) is 26.4 Å². The predicted molar refractivity (Wildman–Crippen MR) is 159 cm³/mol. The van der Waals surface area contributed by atoms with Crippen LogP contribution in [0, 0.1) is 11.6 Å². The number of carbonyl (C=O) groups is 1. The summed E-state index contributed by atoms with van der Waals surface area (Å²) in [4.78, 5) is 26.8. The smallest absolute Gasteiger partial charge is 0.410 e. The minimum absolute atomic E-state index is 0.195. The molecule has 0 radical (unpaired) electrons. The van der Waals surface area contributed by atoms with Gasteiger partial charge in [-0.25, -0.2) is 13.6 Å². The lowest BCUT2D eigenvalue weighted by atomic mass is 10.1. The first-order valence-electron chi connectivity index (χ1n) is 13.9. The average Bonchev–Trinajstić information content (AvgIpc) is 2.96. The minimum Gasteiger partial charge on any atom is -0.444 e. The van der Waals surface area contributed by atoms with Crippen LogP contribution in [-0.4, -0.2) is 78.9 Å². The summed E-state index contributed by atoms with van der Waals surface area (Å²) < 4.78 is 32.9. The number of pyridine rings is 2. The van der Waals surface area contributed by atoms with Gasteiger partial charge in [0.2, 0.25) is 0 Å². The molecule has 2 aromatic heterocycles. The lowest BCUT2D eigenvalue weighted by Gasteiger charge is -2.37. The molecule has 2 aliphatic rings. The van der Waals surface area contributed by atoms with Crippen molar-refractivity contribution < 1.29 is 18.3 Å². The van der Waals surface area contributed by atoms with Crippen molar-refractivity contribution in [1.82, 2.24) is 20.2 Å². The largest absolute Gasteiger partial charge is 0.444 e. The second-order valence-corrected chi connectivity index (χ2v) is 11.2. The molecular formula is C31H36F2N6O2. The molecule has 1 amide bonds. The average molecular weight is 563 g/mol. The summed E-state index contributed by atoms with van der Waals surface area (Å²) in [5.74, 6) is -0.473. The number of nitrogens with one attached hydrogen (secondary N) is 1. The van der Waals surface area contributed by atoms with Crippen LogP contribution in [0.25, 0.3) is 21.8 Å². The number of carbonyl (C=O) groups excluding carboxylic acids is 1. The van der Waals surface area contributed by atoms with E-state index < -0.39 is 5.60 Å². The molecule has 10 heteroatoms. The van der Waals surface area contributed by atoms with Crippen LogP contribution in [0.1, 0.15) is 20.8 Å². The van der Waals surface area contributed by atoms with Crippen LogP contribution < -0.4 is 15.1 Å². The molecule has 1 N–H and O–H groups in total. The van der Waals surface area contributed by atoms with Crippen LogP contribution in [0.4, 0.5) is 25.0 Å². The predicted octanol–water partition coefficient (Wildman–Crippen LogP) is 5.21. The van der Waals surface area contributed by atoms with Crippen molar-refractivity contribution in [1.29, 1.82) is 0 Å². The number of piperazine rings is 2. The van der Waals surface area contributed by atoms with Gasteiger partial charge in [0.05, 0.1) is 22.4 Å². The van der Waals surface area contributed by atoms with Crippen LogP contribution in [0.2, 0.25) is 0 Å². The zero-order valence-electron chi connectivity index (χ0n) is 23.7. The Morgan fingerprint density at radius 3 is 1.76 bits per heavy atom. The highest BCUT2D eigenvalue weighted by atomic mass is 19.1. The summed E-state index contributed by atoms with van der Waals surface area (Å²) in [6.45, 7) is 11.5. The molecule has 2 aromatic carbocycles. The molecule has 2 saturated heterocycles. The molecule has 216 valence electrons. The fourth-order valence-corrected chi connectivity index (χ4v) is 5.12. The second-order valence-electron chi connectivity index (χ2n) is 11.2. The molecule has 6 rings (SSSR count). The Kier molecular flexibility index (Phi) is 8.49. The first kappa shape index (κ1) is 28.5. The Hall–Kier alpha value is -4.05. The van der Waals surface area contributed by atoms with Crippen LogP contribution in [0.3, 0.4) is 0 Å². The standard InChI is InChI=1S/C18H22FN3O2.C13H14FN3/c1-18(2,3)24-17(23)22-9-7-21(8-10-22)15-12-14(19)11-13-5-4-6-20-16(13)15;14-11-8-10-2-1-3-16-13(10)12(9-11)17-6-4-15-5-7-17/h4-6,11-12H,7-10H2,1-3H3;1-3,8-9,15H,4-7H2. The molecule has 0 aliphatic carbocycles. The number of aromatic nitrogens is 2. The van der Waals surface area contributed by atoms with Gasteiger partial charge in [0, 0.05) is 75.5 Å². The number of hydrogen-bond acceptors (Lipinski definition) is 7. The summed E-state index contributed by atoms with van der Waals surface area (Å²) in [6, 6.07) is 13.5. The fraction of sp³-hybridized carbons (Fsp3) is 0.387. The van der Waals surface area contributed by atoms with Gasteiger partial charge in [-0.15, -0.1) is 0 Å². The quantitative estimate of drug-likeness (QED) is 0.359. The highest BCUT2D eigenvalue weighted by molar-refractivity contribution is 5.91. The van der Waals surface area contributed by atoms with E-state index in [1.807, 2.05) is 39.0 Å². The third-order valence-corrected chi connectivity index (χ3v) is 7.03. The van der Waals surface area contributed by atoms with Gasteiger partial charge < -0.3 is 24.8 Å². The van der Waals surface area contributed by atoms with Gasteiger partial charge >= 0.3 is 6.09 Å². The Labute approximate surface area is 238 Å². The highest BCUT2D eigenvalue weighted by Gasteiger charge is 2.27. The van der Waals surface area contributed by atoms with E-state index in [0.29, 0.717) is 26.2 Å². The number of fused-ring (bicyclic) bond motifs is 2. The van der Waals surface area contributed by atoms with Crippen LogP contribution in [-0.2, 0) is 4.74 Å². The maximum Gasteiger partial charge on any atom is 0.410 e. The van der Waals surface area contributed by atoms with Gasteiger partial charge in [-0.1, -0.05) is 12.1 Å². The Morgan fingerprint density at radius 2 is 1.27 bits per heavy atom. The van der Waals surface area contributed by atoms with E-state index in [1.165, 1.54) is 18.2 Å².